The Morgan fingerprint density at radius 3 is 2.54 bits per heavy atom. The Balaban J connectivity index is 1.67. The molecule has 0 aliphatic carbocycles. The molecule has 1 aliphatic heterocycles. The molecule has 0 radical (unpaired) electrons. The second-order valence-corrected chi connectivity index (χ2v) is 6.65. The van der Waals surface area contributed by atoms with Crippen LogP contribution in [0.25, 0.3) is 33.1 Å². The standard InChI is InChI=1S/C20H19FN4O/c21-14-5-6-18-15(13-14)19-20(23-17-4-2-1-3-16(17)22-19)25(18)8-7-24-9-11-26-12-10-24/h1-6,13H,7-12H2. The van der Waals surface area contributed by atoms with E-state index in [0.29, 0.717) is 0 Å². The quantitative estimate of drug-likeness (QED) is 0.569. The van der Waals surface area contributed by atoms with E-state index in [9.17, 15) is 4.39 Å². The number of nitrogens with zero attached hydrogens (tertiary/aromatic N) is 4. The van der Waals surface area contributed by atoms with E-state index in [2.05, 4.69) is 9.47 Å². The van der Waals surface area contributed by atoms with Crippen molar-refractivity contribution >= 4 is 33.1 Å². The molecule has 6 heteroatoms. The minimum atomic E-state index is -0.250. The van der Waals surface area contributed by atoms with E-state index >= 15 is 0 Å². The fourth-order valence-corrected chi connectivity index (χ4v) is 3.70. The topological polar surface area (TPSA) is 43.2 Å². The number of aromatic nitrogens is 3. The molecular formula is C20H19FN4O. The first-order valence-corrected chi connectivity index (χ1v) is 8.94. The van der Waals surface area contributed by atoms with Crippen LogP contribution in [0.3, 0.4) is 0 Å². The number of benzene rings is 2. The zero-order valence-corrected chi connectivity index (χ0v) is 14.4. The third kappa shape index (κ3) is 2.62. The summed E-state index contributed by atoms with van der Waals surface area (Å²) in [5.74, 6) is -0.250. The molecule has 1 fully saturated rings. The van der Waals surface area contributed by atoms with Gasteiger partial charge in [-0.2, -0.15) is 0 Å². The van der Waals surface area contributed by atoms with Crippen molar-refractivity contribution in [2.45, 2.75) is 6.54 Å². The van der Waals surface area contributed by atoms with Gasteiger partial charge < -0.3 is 9.30 Å². The molecule has 26 heavy (non-hydrogen) atoms. The predicted molar refractivity (Wildman–Crippen MR) is 99.8 cm³/mol. The first-order valence-electron chi connectivity index (χ1n) is 8.94. The normalized spacial score (nSPS) is 16.0. The van der Waals surface area contributed by atoms with E-state index in [-0.39, 0.29) is 5.82 Å². The van der Waals surface area contributed by atoms with Crippen LogP contribution in [-0.2, 0) is 11.3 Å². The fourth-order valence-electron chi connectivity index (χ4n) is 3.70. The van der Waals surface area contributed by atoms with Gasteiger partial charge in [0.15, 0.2) is 5.65 Å². The Morgan fingerprint density at radius 1 is 0.962 bits per heavy atom. The van der Waals surface area contributed by atoms with Crippen molar-refractivity contribution in [1.82, 2.24) is 19.4 Å². The smallest absolute Gasteiger partial charge is 0.160 e. The van der Waals surface area contributed by atoms with Crippen LogP contribution in [0.1, 0.15) is 0 Å². The molecule has 0 unspecified atom stereocenters. The molecule has 5 rings (SSSR count). The van der Waals surface area contributed by atoms with Crippen LogP contribution in [0.5, 0.6) is 0 Å². The molecule has 0 bridgehead atoms. The highest BCUT2D eigenvalue weighted by atomic mass is 19.1. The third-order valence-corrected chi connectivity index (χ3v) is 5.06. The van der Waals surface area contributed by atoms with Crippen molar-refractivity contribution in [3.63, 3.8) is 0 Å². The average Bonchev–Trinajstić information content (AvgIpc) is 2.97. The molecule has 1 aliphatic rings. The van der Waals surface area contributed by atoms with Crippen molar-refractivity contribution in [2.75, 3.05) is 32.8 Å². The molecule has 1 saturated heterocycles. The van der Waals surface area contributed by atoms with Crippen LogP contribution in [0.15, 0.2) is 42.5 Å². The molecule has 3 heterocycles. The summed E-state index contributed by atoms with van der Waals surface area (Å²) in [4.78, 5) is 12.0. The summed E-state index contributed by atoms with van der Waals surface area (Å²) in [6.45, 7) is 5.15. The van der Waals surface area contributed by atoms with Gasteiger partial charge >= 0.3 is 0 Å². The summed E-state index contributed by atoms with van der Waals surface area (Å²) in [5.41, 5.74) is 4.25. The van der Waals surface area contributed by atoms with E-state index in [0.717, 1.165) is 72.5 Å². The van der Waals surface area contributed by atoms with Crippen LogP contribution >= 0.6 is 0 Å². The second kappa shape index (κ2) is 6.30. The summed E-state index contributed by atoms with van der Waals surface area (Å²) in [6.07, 6.45) is 0. The highest BCUT2D eigenvalue weighted by molar-refractivity contribution is 6.06. The Hall–Kier alpha value is -2.57. The first-order chi connectivity index (χ1) is 12.8. The summed E-state index contributed by atoms with van der Waals surface area (Å²) in [5, 5.41) is 0.820. The van der Waals surface area contributed by atoms with Gasteiger partial charge in [0.25, 0.3) is 0 Å². The average molecular weight is 350 g/mol. The summed E-state index contributed by atoms with van der Waals surface area (Å²) in [7, 11) is 0. The van der Waals surface area contributed by atoms with E-state index in [1.54, 1.807) is 6.07 Å². The lowest BCUT2D eigenvalue weighted by molar-refractivity contribution is 0.0366. The van der Waals surface area contributed by atoms with Gasteiger partial charge in [0.2, 0.25) is 0 Å². The van der Waals surface area contributed by atoms with Gasteiger partial charge in [-0.25, -0.2) is 14.4 Å². The minimum absolute atomic E-state index is 0.250. The van der Waals surface area contributed by atoms with Crippen LogP contribution in [-0.4, -0.2) is 52.3 Å². The molecule has 2 aromatic heterocycles. The summed E-state index contributed by atoms with van der Waals surface area (Å²) >= 11 is 0. The first kappa shape index (κ1) is 15.7. The monoisotopic (exact) mass is 350 g/mol. The van der Waals surface area contributed by atoms with E-state index in [1.807, 2.05) is 30.3 Å². The van der Waals surface area contributed by atoms with Gasteiger partial charge in [-0.3, -0.25) is 4.90 Å². The maximum absolute atomic E-state index is 13.9. The molecule has 132 valence electrons. The second-order valence-electron chi connectivity index (χ2n) is 6.65. The maximum atomic E-state index is 13.9. The van der Waals surface area contributed by atoms with Gasteiger partial charge in [-0.15, -0.1) is 0 Å². The third-order valence-electron chi connectivity index (χ3n) is 5.06. The van der Waals surface area contributed by atoms with Crippen molar-refractivity contribution in [1.29, 1.82) is 0 Å². The molecule has 2 aromatic carbocycles. The molecular weight excluding hydrogens is 331 g/mol. The predicted octanol–water partition coefficient (Wildman–Crippen LogP) is 3.21. The molecule has 0 atom stereocenters. The molecule has 0 saturated carbocycles. The van der Waals surface area contributed by atoms with Crippen LogP contribution < -0.4 is 0 Å². The van der Waals surface area contributed by atoms with Gasteiger partial charge in [0.1, 0.15) is 11.3 Å². The van der Waals surface area contributed by atoms with Crippen LogP contribution in [0.2, 0.25) is 0 Å². The molecule has 5 nitrogen and oxygen atoms in total. The molecule has 0 amide bonds. The van der Waals surface area contributed by atoms with Crippen molar-refractivity contribution in [3.05, 3.63) is 48.3 Å². The maximum Gasteiger partial charge on any atom is 0.160 e. The minimum Gasteiger partial charge on any atom is -0.379 e. The van der Waals surface area contributed by atoms with Crippen LogP contribution in [0.4, 0.5) is 4.39 Å². The lowest BCUT2D eigenvalue weighted by Gasteiger charge is -2.26. The van der Waals surface area contributed by atoms with Crippen molar-refractivity contribution in [2.24, 2.45) is 0 Å². The van der Waals surface area contributed by atoms with E-state index in [4.69, 9.17) is 14.7 Å². The lowest BCUT2D eigenvalue weighted by Crippen LogP contribution is -2.38. The Labute approximate surface area is 150 Å². The number of para-hydroxylation sites is 2. The van der Waals surface area contributed by atoms with Gasteiger partial charge in [0.05, 0.1) is 29.8 Å². The number of ether oxygens (including phenoxy) is 1. The Kier molecular flexibility index (Phi) is 3.80. The SMILES string of the molecule is Fc1ccc2c(c1)c1nc3ccccc3nc1n2CCN1CCOCC1. The number of morpholine rings is 1. The largest absolute Gasteiger partial charge is 0.379 e. The summed E-state index contributed by atoms with van der Waals surface area (Å²) in [6, 6.07) is 12.7. The highest BCUT2D eigenvalue weighted by Gasteiger charge is 2.17. The van der Waals surface area contributed by atoms with Crippen LogP contribution in [0, 0.1) is 5.82 Å². The van der Waals surface area contributed by atoms with E-state index < -0.39 is 0 Å². The zero-order chi connectivity index (χ0) is 17.5. The highest BCUT2D eigenvalue weighted by Crippen LogP contribution is 2.29. The lowest BCUT2D eigenvalue weighted by atomic mass is 10.2. The van der Waals surface area contributed by atoms with Crippen molar-refractivity contribution in [3.8, 4) is 0 Å². The Morgan fingerprint density at radius 2 is 1.73 bits per heavy atom. The summed E-state index contributed by atoms with van der Waals surface area (Å²) < 4.78 is 21.5. The number of rotatable bonds is 3. The van der Waals surface area contributed by atoms with Gasteiger partial charge in [-0.1, -0.05) is 12.1 Å². The van der Waals surface area contributed by atoms with Crippen molar-refractivity contribution < 1.29 is 9.13 Å². The molecule has 4 aromatic rings. The number of halogens is 1. The number of hydrogen-bond donors (Lipinski definition) is 0. The molecule has 0 N–H and O–H groups in total. The number of hydrogen-bond acceptors (Lipinski definition) is 4. The van der Waals surface area contributed by atoms with E-state index in [1.165, 1.54) is 6.07 Å². The fraction of sp³-hybridized carbons (Fsp3) is 0.300. The zero-order valence-electron chi connectivity index (χ0n) is 14.4. The molecule has 0 spiro atoms. The Bertz CT molecular complexity index is 1100. The number of fused-ring (bicyclic) bond motifs is 4. The van der Waals surface area contributed by atoms with Gasteiger partial charge in [-0.05, 0) is 30.3 Å². The van der Waals surface area contributed by atoms with Gasteiger partial charge in [0, 0.05) is 31.6 Å².